The zero-order valence-corrected chi connectivity index (χ0v) is 5.50. The van der Waals surface area contributed by atoms with Crippen LogP contribution >= 0.6 is 0 Å². The molecule has 0 heterocycles. The van der Waals surface area contributed by atoms with E-state index in [9.17, 15) is 4.79 Å². The Morgan fingerprint density at radius 3 is 2.56 bits per heavy atom. The molecule has 0 radical (unpaired) electrons. The Morgan fingerprint density at radius 2 is 2.11 bits per heavy atom. The topological polar surface area (TPSA) is 17.1 Å². The minimum atomic E-state index is 0.743. The highest BCUT2D eigenvalue weighted by Gasteiger charge is 1.71. The van der Waals surface area contributed by atoms with Crippen LogP contribution in [-0.4, -0.2) is 6.29 Å². The molecule has 1 nitrogen and oxygen atoms in total. The van der Waals surface area contributed by atoms with E-state index < -0.39 is 0 Å². The highest BCUT2D eigenvalue weighted by molar-refractivity contribution is 5.65. The van der Waals surface area contributed by atoms with Gasteiger partial charge in [-0.25, -0.2) is 0 Å². The van der Waals surface area contributed by atoms with Gasteiger partial charge in [-0.2, -0.15) is 0 Å². The summed E-state index contributed by atoms with van der Waals surface area (Å²) in [5.74, 6) is 0. The fraction of sp³-hybridized carbons (Fsp3) is 0.125. The van der Waals surface area contributed by atoms with Gasteiger partial charge in [-0.05, 0) is 13.0 Å². The predicted molar refractivity (Wildman–Crippen MR) is 39.2 cm³/mol. The molecular weight excluding hydrogens is 112 g/mol. The molecule has 0 aliphatic heterocycles. The zero-order chi connectivity index (χ0) is 7.11. The van der Waals surface area contributed by atoms with Gasteiger partial charge >= 0.3 is 0 Å². The molecule has 0 aliphatic rings. The van der Waals surface area contributed by atoms with Gasteiger partial charge in [0.1, 0.15) is 6.29 Å². The van der Waals surface area contributed by atoms with Crippen LogP contribution < -0.4 is 0 Å². The molecule has 0 rings (SSSR count). The van der Waals surface area contributed by atoms with Gasteiger partial charge in [-0.15, -0.1) is 0 Å². The summed E-state index contributed by atoms with van der Waals surface area (Å²) in [7, 11) is 0. The Hall–Kier alpha value is -1.11. The number of rotatable bonds is 3. The number of allylic oxidation sites excluding steroid dienone is 5. The highest BCUT2D eigenvalue weighted by Crippen LogP contribution is 1.91. The molecule has 0 saturated heterocycles. The molecule has 0 saturated carbocycles. The zero-order valence-electron chi connectivity index (χ0n) is 5.50. The molecule has 1 heteroatoms. The minimum Gasteiger partial charge on any atom is -0.299 e. The number of carbonyl (C=O) groups excluding carboxylic acids is 1. The van der Waals surface area contributed by atoms with Crippen LogP contribution in [0.3, 0.4) is 0 Å². The third-order valence-corrected chi connectivity index (χ3v) is 0.871. The third-order valence-electron chi connectivity index (χ3n) is 0.871. The second-order valence-electron chi connectivity index (χ2n) is 1.64. The average Bonchev–Trinajstić information content (AvgIpc) is 1.89. The lowest BCUT2D eigenvalue weighted by molar-refractivity contribution is -0.104. The molecule has 0 aromatic rings. The maximum absolute atomic E-state index is 9.73. The van der Waals surface area contributed by atoms with Crippen molar-refractivity contribution >= 4 is 6.29 Å². The summed E-state index contributed by atoms with van der Waals surface area (Å²) < 4.78 is 0. The van der Waals surface area contributed by atoms with Gasteiger partial charge in [0.25, 0.3) is 0 Å². The molecular formula is C8H10O. The van der Waals surface area contributed by atoms with Gasteiger partial charge in [0, 0.05) is 0 Å². The molecule has 0 spiro atoms. The summed E-state index contributed by atoms with van der Waals surface area (Å²) in [6.07, 6.45) is 7.42. The Bertz CT molecular complexity index is 152. The maximum Gasteiger partial charge on any atom is 0.142 e. The van der Waals surface area contributed by atoms with E-state index in [0.29, 0.717) is 0 Å². The van der Waals surface area contributed by atoms with E-state index >= 15 is 0 Å². The summed E-state index contributed by atoms with van der Waals surface area (Å²) >= 11 is 0. The molecule has 0 amide bonds. The van der Waals surface area contributed by atoms with Gasteiger partial charge in [-0.1, -0.05) is 30.4 Å². The average molecular weight is 122 g/mol. The first-order valence-electron chi connectivity index (χ1n) is 2.72. The molecule has 0 unspecified atom stereocenters. The van der Waals surface area contributed by atoms with Crippen molar-refractivity contribution in [3.63, 3.8) is 0 Å². The normalized spacial score (nSPS) is 11.9. The van der Waals surface area contributed by atoms with Gasteiger partial charge in [-0.3, -0.25) is 4.79 Å². The SMILES string of the molecule is C=C/C(C)=C\C=C\C=O. The summed E-state index contributed by atoms with van der Waals surface area (Å²) in [4.78, 5) is 9.73. The second-order valence-corrected chi connectivity index (χ2v) is 1.64. The molecule has 0 aromatic heterocycles. The van der Waals surface area contributed by atoms with Crippen molar-refractivity contribution < 1.29 is 4.79 Å². The molecule has 48 valence electrons. The van der Waals surface area contributed by atoms with Crippen LogP contribution in [0, 0.1) is 0 Å². The third kappa shape index (κ3) is 4.75. The van der Waals surface area contributed by atoms with Gasteiger partial charge in [0.15, 0.2) is 0 Å². The number of aldehydes is 1. The van der Waals surface area contributed by atoms with Crippen molar-refractivity contribution in [2.24, 2.45) is 0 Å². The number of hydrogen-bond donors (Lipinski definition) is 0. The monoisotopic (exact) mass is 122 g/mol. The van der Waals surface area contributed by atoms with E-state index in [1.165, 1.54) is 6.08 Å². The van der Waals surface area contributed by atoms with Crippen molar-refractivity contribution in [1.29, 1.82) is 0 Å². The van der Waals surface area contributed by atoms with Gasteiger partial charge in [0.2, 0.25) is 0 Å². The smallest absolute Gasteiger partial charge is 0.142 e. The number of hydrogen-bond acceptors (Lipinski definition) is 1. The van der Waals surface area contributed by atoms with E-state index in [0.717, 1.165) is 11.9 Å². The lowest BCUT2D eigenvalue weighted by Crippen LogP contribution is -1.62. The van der Waals surface area contributed by atoms with Crippen molar-refractivity contribution in [1.82, 2.24) is 0 Å². The van der Waals surface area contributed by atoms with Crippen molar-refractivity contribution in [3.05, 3.63) is 36.5 Å². The molecule has 0 aliphatic carbocycles. The standard InChI is InChI=1S/C8H10O/c1-3-8(2)6-4-5-7-9/h3-7H,1H2,2H3/b5-4+,8-6-. The van der Waals surface area contributed by atoms with Crippen LogP contribution in [-0.2, 0) is 4.79 Å². The van der Waals surface area contributed by atoms with Crippen LogP contribution in [0.15, 0.2) is 36.5 Å². The minimum absolute atomic E-state index is 0.743. The summed E-state index contributed by atoms with van der Waals surface area (Å²) in [6, 6.07) is 0. The van der Waals surface area contributed by atoms with E-state index in [4.69, 9.17) is 0 Å². The predicted octanol–water partition coefficient (Wildman–Crippen LogP) is 1.87. The lowest BCUT2D eigenvalue weighted by Gasteiger charge is -1.81. The lowest BCUT2D eigenvalue weighted by atomic mass is 10.3. The van der Waals surface area contributed by atoms with Crippen molar-refractivity contribution in [3.8, 4) is 0 Å². The van der Waals surface area contributed by atoms with E-state index in [-0.39, 0.29) is 0 Å². The first kappa shape index (κ1) is 7.89. The Kier molecular flexibility index (Phi) is 4.41. The van der Waals surface area contributed by atoms with Gasteiger partial charge < -0.3 is 0 Å². The second kappa shape index (κ2) is 5.04. The Balaban J connectivity index is 3.81. The first-order valence-corrected chi connectivity index (χ1v) is 2.72. The first-order chi connectivity index (χ1) is 4.31. The summed E-state index contributed by atoms with van der Waals surface area (Å²) in [5.41, 5.74) is 1.05. The number of carbonyl (C=O) groups is 1. The Labute approximate surface area is 55.4 Å². The molecule has 0 N–H and O–H groups in total. The Morgan fingerprint density at radius 1 is 1.44 bits per heavy atom. The van der Waals surface area contributed by atoms with Crippen molar-refractivity contribution in [2.75, 3.05) is 0 Å². The quantitative estimate of drug-likeness (QED) is 0.317. The van der Waals surface area contributed by atoms with Crippen molar-refractivity contribution in [2.45, 2.75) is 6.92 Å². The fourth-order valence-corrected chi connectivity index (χ4v) is 0.321. The van der Waals surface area contributed by atoms with Crippen LogP contribution in [0.25, 0.3) is 0 Å². The largest absolute Gasteiger partial charge is 0.299 e. The van der Waals surface area contributed by atoms with E-state index in [1.54, 1.807) is 12.2 Å². The molecule has 0 aromatic carbocycles. The molecule has 0 atom stereocenters. The molecule has 0 fully saturated rings. The summed E-state index contributed by atoms with van der Waals surface area (Å²) in [5, 5.41) is 0. The molecule has 0 bridgehead atoms. The maximum atomic E-state index is 9.73. The van der Waals surface area contributed by atoms with E-state index in [1.807, 2.05) is 13.0 Å². The van der Waals surface area contributed by atoms with Crippen LogP contribution in [0.1, 0.15) is 6.92 Å². The molecule has 9 heavy (non-hydrogen) atoms. The van der Waals surface area contributed by atoms with Crippen LogP contribution in [0.4, 0.5) is 0 Å². The van der Waals surface area contributed by atoms with Crippen LogP contribution in [0.5, 0.6) is 0 Å². The van der Waals surface area contributed by atoms with Gasteiger partial charge in [0.05, 0.1) is 0 Å². The summed E-state index contributed by atoms with van der Waals surface area (Å²) in [6.45, 7) is 5.47. The highest BCUT2D eigenvalue weighted by atomic mass is 16.1. The van der Waals surface area contributed by atoms with Crippen LogP contribution in [0.2, 0.25) is 0 Å². The fourth-order valence-electron chi connectivity index (χ4n) is 0.321. The van der Waals surface area contributed by atoms with E-state index in [2.05, 4.69) is 6.58 Å².